The van der Waals surface area contributed by atoms with Gasteiger partial charge in [0.05, 0.1) is 25.7 Å². The predicted molar refractivity (Wildman–Crippen MR) is 127 cm³/mol. The topological polar surface area (TPSA) is 95.6 Å². The van der Waals surface area contributed by atoms with Gasteiger partial charge in [-0.1, -0.05) is 41.3 Å². The first-order valence-corrected chi connectivity index (χ1v) is 11.5. The maximum atomic E-state index is 13.6. The van der Waals surface area contributed by atoms with Crippen LogP contribution in [0.3, 0.4) is 0 Å². The van der Waals surface area contributed by atoms with Crippen LogP contribution in [0.1, 0.15) is 0 Å². The van der Waals surface area contributed by atoms with E-state index in [1.807, 2.05) is 30.3 Å². The molecule has 11 heteroatoms. The molecule has 0 radical (unpaired) electrons. The van der Waals surface area contributed by atoms with E-state index in [4.69, 9.17) is 21.7 Å². The zero-order valence-corrected chi connectivity index (χ0v) is 19.4. The van der Waals surface area contributed by atoms with Gasteiger partial charge in [-0.2, -0.15) is 0 Å². The zero-order chi connectivity index (χ0) is 22.8. The van der Waals surface area contributed by atoms with Crippen molar-refractivity contribution < 1.29 is 19.4 Å². The second kappa shape index (κ2) is 9.15. The molecule has 1 N–H and O–H groups in total. The molecular weight excluding hydrogens is 470 g/mol. The Balaban J connectivity index is 2.02. The molecule has 0 aliphatic heterocycles. The monoisotopic (exact) mass is 487 g/mol. The number of thiazole rings is 1. The van der Waals surface area contributed by atoms with E-state index in [1.54, 1.807) is 22.8 Å². The standard InChI is InChI=1S/C21H17N3O5S3/c1-28-14-9-8-13(10-15(14)29-2)24-19(27)17-18(22-20(24)31-11-16(25)26)23(21(30)32-17)12-6-4-3-5-7-12/h3-10H,11H2,1-2H3,(H,25,26). The Morgan fingerprint density at radius 2 is 1.81 bits per heavy atom. The smallest absolute Gasteiger partial charge is 0.313 e. The highest BCUT2D eigenvalue weighted by molar-refractivity contribution is 7.99. The van der Waals surface area contributed by atoms with Crippen molar-refractivity contribution in [2.24, 2.45) is 0 Å². The van der Waals surface area contributed by atoms with Gasteiger partial charge in [0.2, 0.25) is 0 Å². The number of carboxylic acids is 1. The summed E-state index contributed by atoms with van der Waals surface area (Å²) in [5, 5.41) is 9.44. The minimum atomic E-state index is -1.02. The fourth-order valence-corrected chi connectivity index (χ4v) is 5.18. The summed E-state index contributed by atoms with van der Waals surface area (Å²) in [5.41, 5.74) is 1.29. The van der Waals surface area contributed by atoms with E-state index < -0.39 is 5.97 Å². The van der Waals surface area contributed by atoms with Crippen LogP contribution >= 0.6 is 35.3 Å². The molecule has 0 saturated carbocycles. The Bertz CT molecular complexity index is 1430. The second-order valence-electron chi connectivity index (χ2n) is 6.45. The van der Waals surface area contributed by atoms with Crippen molar-refractivity contribution >= 4 is 51.6 Å². The molecule has 164 valence electrons. The number of methoxy groups -OCH3 is 2. The molecule has 0 fully saturated rings. The van der Waals surface area contributed by atoms with Crippen molar-refractivity contribution in [3.63, 3.8) is 0 Å². The summed E-state index contributed by atoms with van der Waals surface area (Å²) in [5.74, 6) is -0.348. The number of fused-ring (bicyclic) bond motifs is 1. The number of carbonyl (C=O) groups is 1. The van der Waals surface area contributed by atoms with Gasteiger partial charge >= 0.3 is 5.97 Å². The summed E-state index contributed by atoms with van der Waals surface area (Å²) in [6.07, 6.45) is 0. The minimum Gasteiger partial charge on any atom is -0.493 e. The Hall–Kier alpha value is -3.15. The van der Waals surface area contributed by atoms with Crippen LogP contribution in [-0.2, 0) is 4.79 Å². The number of hydrogen-bond acceptors (Lipinski definition) is 8. The van der Waals surface area contributed by atoms with Crippen LogP contribution in [0.2, 0.25) is 0 Å². The molecule has 0 spiro atoms. The van der Waals surface area contributed by atoms with Crippen molar-refractivity contribution in [1.82, 2.24) is 14.1 Å². The van der Waals surface area contributed by atoms with Crippen molar-refractivity contribution in [2.75, 3.05) is 20.0 Å². The van der Waals surface area contributed by atoms with Gasteiger partial charge in [-0.25, -0.2) is 4.98 Å². The summed E-state index contributed by atoms with van der Waals surface area (Å²) >= 11 is 7.65. The SMILES string of the molecule is COc1ccc(-n2c(SCC(=O)O)nc3c(sc(=S)n3-c3ccccc3)c2=O)cc1OC. The lowest BCUT2D eigenvalue weighted by atomic mass is 10.2. The number of benzene rings is 2. The van der Waals surface area contributed by atoms with Crippen LogP contribution in [0.25, 0.3) is 21.7 Å². The van der Waals surface area contributed by atoms with E-state index in [9.17, 15) is 14.7 Å². The average molecular weight is 488 g/mol. The first kappa shape index (κ1) is 22.1. The fourth-order valence-electron chi connectivity index (χ4n) is 3.16. The first-order valence-electron chi connectivity index (χ1n) is 9.25. The number of aliphatic carboxylic acids is 1. The summed E-state index contributed by atoms with van der Waals surface area (Å²) < 4.78 is 14.6. The van der Waals surface area contributed by atoms with Gasteiger partial charge in [-0.05, 0) is 36.5 Å². The summed E-state index contributed by atoms with van der Waals surface area (Å²) in [6.45, 7) is 0. The molecule has 0 aliphatic carbocycles. The van der Waals surface area contributed by atoms with Crippen molar-refractivity contribution in [2.45, 2.75) is 5.16 Å². The lowest BCUT2D eigenvalue weighted by Crippen LogP contribution is -2.22. The molecule has 8 nitrogen and oxygen atoms in total. The van der Waals surface area contributed by atoms with E-state index >= 15 is 0 Å². The largest absolute Gasteiger partial charge is 0.493 e. The van der Waals surface area contributed by atoms with E-state index in [0.29, 0.717) is 31.5 Å². The fraction of sp³-hybridized carbons (Fsp3) is 0.143. The number of hydrogen-bond donors (Lipinski definition) is 1. The van der Waals surface area contributed by atoms with E-state index in [2.05, 4.69) is 4.98 Å². The van der Waals surface area contributed by atoms with Gasteiger partial charge in [-0.3, -0.25) is 18.7 Å². The molecule has 2 aromatic carbocycles. The number of thioether (sulfide) groups is 1. The van der Waals surface area contributed by atoms with E-state index in [1.165, 1.54) is 18.8 Å². The van der Waals surface area contributed by atoms with Crippen molar-refractivity contribution in [1.29, 1.82) is 0 Å². The van der Waals surface area contributed by atoms with Gasteiger partial charge in [-0.15, -0.1) is 0 Å². The van der Waals surface area contributed by atoms with Gasteiger partial charge in [0.15, 0.2) is 26.3 Å². The Morgan fingerprint density at radius 3 is 2.47 bits per heavy atom. The molecule has 0 atom stereocenters. The number of nitrogens with zero attached hydrogens (tertiary/aromatic N) is 3. The van der Waals surface area contributed by atoms with E-state index in [0.717, 1.165) is 28.8 Å². The van der Waals surface area contributed by atoms with Crippen LogP contribution in [0, 0.1) is 3.95 Å². The average Bonchev–Trinajstić information content (AvgIpc) is 3.14. The molecule has 2 heterocycles. The van der Waals surface area contributed by atoms with Crippen molar-refractivity contribution in [3.05, 3.63) is 62.8 Å². The highest BCUT2D eigenvalue weighted by Crippen LogP contribution is 2.32. The molecule has 0 saturated heterocycles. The molecule has 0 unspecified atom stereocenters. The third-order valence-electron chi connectivity index (χ3n) is 4.54. The highest BCUT2D eigenvalue weighted by atomic mass is 32.2. The van der Waals surface area contributed by atoms with Crippen LogP contribution in [0.5, 0.6) is 11.5 Å². The van der Waals surface area contributed by atoms with Crippen LogP contribution < -0.4 is 15.0 Å². The van der Waals surface area contributed by atoms with Crippen LogP contribution in [0.4, 0.5) is 0 Å². The number of carboxylic acid groups (broad SMARTS) is 1. The third-order valence-corrected chi connectivity index (χ3v) is 6.82. The van der Waals surface area contributed by atoms with Gasteiger partial charge < -0.3 is 14.6 Å². The summed E-state index contributed by atoms with van der Waals surface area (Å²) in [6, 6.07) is 14.4. The Labute approximate surface area is 195 Å². The van der Waals surface area contributed by atoms with Gasteiger partial charge in [0, 0.05) is 11.8 Å². The maximum Gasteiger partial charge on any atom is 0.313 e. The number of aromatic nitrogens is 3. The highest BCUT2D eigenvalue weighted by Gasteiger charge is 2.20. The molecule has 4 aromatic rings. The molecule has 32 heavy (non-hydrogen) atoms. The third kappa shape index (κ3) is 4.01. The number of para-hydroxylation sites is 1. The van der Waals surface area contributed by atoms with Crippen LogP contribution in [0.15, 0.2) is 58.5 Å². The zero-order valence-electron chi connectivity index (χ0n) is 17.0. The lowest BCUT2D eigenvalue weighted by Gasteiger charge is -2.14. The minimum absolute atomic E-state index is 0.231. The Morgan fingerprint density at radius 1 is 1.09 bits per heavy atom. The second-order valence-corrected chi connectivity index (χ2v) is 9.03. The van der Waals surface area contributed by atoms with Crippen molar-refractivity contribution in [3.8, 4) is 22.9 Å². The first-order chi connectivity index (χ1) is 15.4. The lowest BCUT2D eigenvalue weighted by molar-refractivity contribution is -0.133. The molecule has 2 aromatic heterocycles. The molecule has 0 aliphatic rings. The normalized spacial score (nSPS) is 10.9. The summed E-state index contributed by atoms with van der Waals surface area (Å²) in [4.78, 5) is 29.5. The number of rotatable bonds is 7. The molecular formula is C21H17N3O5S3. The van der Waals surface area contributed by atoms with Crippen LogP contribution in [-0.4, -0.2) is 45.2 Å². The molecule has 0 amide bonds. The predicted octanol–water partition coefficient (Wildman–Crippen LogP) is 4.16. The van der Waals surface area contributed by atoms with Gasteiger partial charge in [0.25, 0.3) is 5.56 Å². The maximum absolute atomic E-state index is 13.6. The van der Waals surface area contributed by atoms with Gasteiger partial charge in [0.1, 0.15) is 4.70 Å². The Kier molecular flexibility index (Phi) is 6.31. The summed E-state index contributed by atoms with van der Waals surface area (Å²) in [7, 11) is 3.02. The van der Waals surface area contributed by atoms with E-state index in [-0.39, 0.29) is 16.5 Å². The number of ether oxygens (including phenoxy) is 2. The molecule has 0 bridgehead atoms. The quantitative estimate of drug-likeness (QED) is 0.236. The molecule has 4 rings (SSSR count).